The van der Waals surface area contributed by atoms with Crippen LogP contribution < -0.4 is 68.9 Å². The van der Waals surface area contributed by atoms with E-state index < -0.39 is 0 Å². The zero-order valence-electron chi connectivity index (χ0n) is 9.03. The van der Waals surface area contributed by atoms with Crippen LogP contribution in [-0.4, -0.2) is 5.25 Å². The fourth-order valence-corrected chi connectivity index (χ4v) is 0.632. The Morgan fingerprint density at radius 2 is 1.69 bits per heavy atom. The predicted octanol–water partition coefficient (Wildman–Crippen LogP) is 0.469. The number of hydrogen-bond acceptors (Lipinski definition) is 2. The maximum atomic E-state index is 3.93. The van der Waals surface area contributed by atoms with Gasteiger partial charge in [-0.1, -0.05) is 19.8 Å². The van der Waals surface area contributed by atoms with Gasteiger partial charge < -0.3 is 26.0 Å². The van der Waals surface area contributed by atoms with Crippen molar-refractivity contribution in [2.75, 3.05) is 0 Å². The van der Waals surface area contributed by atoms with Crippen molar-refractivity contribution in [3.8, 4) is 0 Å². The molecular weight excluding hydrogens is 357 g/mol. The molecule has 0 saturated heterocycles. The third-order valence-electron chi connectivity index (χ3n) is 0.962. The van der Waals surface area contributed by atoms with Crippen molar-refractivity contribution in [3.05, 3.63) is 19.1 Å². The quantitative estimate of drug-likeness (QED) is 0.519. The van der Waals surface area contributed by atoms with Gasteiger partial charge in [0.1, 0.15) is 0 Å². The van der Waals surface area contributed by atoms with Crippen molar-refractivity contribution < 1.29 is 86.3 Å². The fraction of sp³-hybridized carbons (Fsp3) is 0.667. The summed E-state index contributed by atoms with van der Waals surface area (Å²) < 4.78 is 0. The van der Waals surface area contributed by atoms with Gasteiger partial charge in [0.05, 0.1) is 0 Å². The summed E-state index contributed by atoms with van der Waals surface area (Å²) in [5.74, 6) is 2.66. The first-order valence-corrected chi connectivity index (χ1v) is 4.84. The minimum absolute atomic E-state index is 0. The van der Waals surface area contributed by atoms with Crippen molar-refractivity contribution in [1.82, 2.24) is 0 Å². The van der Waals surface area contributed by atoms with Gasteiger partial charge in [-0.25, -0.2) is 12.6 Å². The summed E-state index contributed by atoms with van der Waals surface area (Å²) in [4.78, 5) is 0. The van der Waals surface area contributed by atoms with Crippen LogP contribution in [0.4, 0.5) is 0 Å². The van der Waals surface area contributed by atoms with E-state index in [4.69, 9.17) is 0 Å². The molecule has 0 nitrogen and oxygen atoms in total. The SMILES string of the molecule is CC(C)C[CH-]S.[CH2-]C(S)[CH-]C.[Cr+2].[Cs+]. The van der Waals surface area contributed by atoms with Gasteiger partial charge in [0.2, 0.25) is 0 Å². The zero-order valence-corrected chi connectivity index (χ0v) is 18.4. The Morgan fingerprint density at radius 1 is 1.38 bits per heavy atom. The summed E-state index contributed by atoms with van der Waals surface area (Å²) in [6.07, 6.45) is 3.03. The standard InChI is InChI=1S/C5H11S.C4H8S.Cr.Cs/c1-5(2)3-4-6;1-3-4(2)5;;/h4-6H,3H2,1-2H3;3-5H,2H2,1H3;;/q-1;-2;+2;+1. The number of hydrogen-bond donors (Lipinski definition) is 2. The Labute approximate surface area is 165 Å². The molecule has 0 aliphatic carbocycles. The van der Waals surface area contributed by atoms with E-state index in [1.807, 2.05) is 19.1 Å². The topological polar surface area (TPSA) is 0 Å². The van der Waals surface area contributed by atoms with Crippen LogP contribution in [0.2, 0.25) is 0 Å². The summed E-state index contributed by atoms with van der Waals surface area (Å²) in [6.45, 7) is 9.85. The van der Waals surface area contributed by atoms with Gasteiger partial charge in [-0.2, -0.15) is 13.3 Å². The van der Waals surface area contributed by atoms with Crippen LogP contribution in [0.15, 0.2) is 0 Å². The normalized spacial score (nSPS) is 10.4. The Kier molecular flexibility index (Phi) is 40.1. The second-order valence-corrected chi connectivity index (χ2v) is 3.74. The molecule has 0 amide bonds. The summed E-state index contributed by atoms with van der Waals surface area (Å²) in [6, 6.07) is 0. The second-order valence-electron chi connectivity index (χ2n) is 2.71. The smallest absolute Gasteiger partial charge is 0.369 e. The molecule has 0 spiro atoms. The monoisotopic (exact) mass is 376 g/mol. The Bertz CT molecular complexity index is 70.6. The van der Waals surface area contributed by atoms with E-state index in [-0.39, 0.29) is 91.5 Å². The van der Waals surface area contributed by atoms with Gasteiger partial charge in [0, 0.05) is 0 Å². The molecule has 0 saturated carbocycles. The first-order valence-electron chi connectivity index (χ1n) is 3.81. The van der Waals surface area contributed by atoms with Crippen LogP contribution >= 0.6 is 25.3 Å². The van der Waals surface area contributed by atoms with Crippen LogP contribution in [0.1, 0.15) is 27.2 Å². The molecule has 0 aromatic rings. The van der Waals surface area contributed by atoms with E-state index >= 15 is 0 Å². The molecule has 0 fully saturated rings. The largest absolute Gasteiger partial charge is 2.00 e. The predicted molar refractivity (Wildman–Crippen MR) is 60.8 cm³/mol. The number of rotatable bonds is 3. The first kappa shape index (κ1) is 25.2. The van der Waals surface area contributed by atoms with Gasteiger partial charge in [-0.15, -0.1) is 0 Å². The van der Waals surface area contributed by atoms with E-state index in [0.29, 0.717) is 0 Å². The molecule has 0 aliphatic rings. The third-order valence-corrected chi connectivity index (χ3v) is 1.47. The molecule has 0 rings (SSSR count). The van der Waals surface area contributed by atoms with Crippen LogP contribution in [0.3, 0.4) is 0 Å². The average Bonchev–Trinajstić information content (AvgIpc) is 1.89. The van der Waals surface area contributed by atoms with Crippen LogP contribution in [0, 0.1) is 25.0 Å². The summed E-state index contributed by atoms with van der Waals surface area (Å²) in [5, 5.41) is 0.204. The van der Waals surface area contributed by atoms with Gasteiger partial charge in [-0.3, -0.25) is 11.0 Å². The van der Waals surface area contributed by atoms with Gasteiger partial charge >= 0.3 is 86.3 Å². The fourth-order valence-electron chi connectivity index (χ4n) is 0.211. The van der Waals surface area contributed by atoms with Crippen molar-refractivity contribution in [1.29, 1.82) is 0 Å². The molecule has 0 aromatic carbocycles. The molecule has 0 radical (unpaired) electrons. The first-order chi connectivity index (χ1) is 5.04. The Hall–Kier alpha value is 3.28. The van der Waals surface area contributed by atoms with Crippen LogP contribution in [0.5, 0.6) is 0 Å². The maximum absolute atomic E-state index is 3.93. The summed E-state index contributed by atoms with van der Waals surface area (Å²) in [5.41, 5.74) is 0. The molecule has 1 unspecified atom stereocenters. The minimum Gasteiger partial charge on any atom is -0.369 e. The Morgan fingerprint density at radius 3 is 1.69 bits per heavy atom. The van der Waals surface area contributed by atoms with E-state index in [2.05, 4.69) is 46.0 Å². The zero-order chi connectivity index (χ0) is 9.28. The van der Waals surface area contributed by atoms with E-state index in [1.54, 1.807) is 0 Å². The van der Waals surface area contributed by atoms with Crippen molar-refractivity contribution >= 4 is 25.3 Å². The van der Waals surface area contributed by atoms with Crippen LogP contribution in [-0.2, 0) is 17.4 Å². The molecule has 74 valence electrons. The van der Waals surface area contributed by atoms with Crippen molar-refractivity contribution in [2.24, 2.45) is 5.92 Å². The van der Waals surface area contributed by atoms with E-state index in [9.17, 15) is 0 Å². The molecule has 0 aromatic heterocycles. The third kappa shape index (κ3) is 39.3. The van der Waals surface area contributed by atoms with Crippen molar-refractivity contribution in [3.63, 3.8) is 0 Å². The molecule has 0 N–H and O–H groups in total. The molecule has 0 bridgehead atoms. The molecule has 4 heteroatoms. The molecule has 0 heterocycles. The summed E-state index contributed by atoms with van der Waals surface area (Å²) in [7, 11) is 0. The van der Waals surface area contributed by atoms with E-state index in [1.165, 1.54) is 0 Å². The summed E-state index contributed by atoms with van der Waals surface area (Å²) >= 11 is 7.87. The van der Waals surface area contributed by atoms with Gasteiger partial charge in [0.25, 0.3) is 0 Å². The maximum Gasteiger partial charge on any atom is 2.00 e. The molecular formula is C9H19CrCsS2. The van der Waals surface area contributed by atoms with Crippen LogP contribution in [0.25, 0.3) is 0 Å². The molecule has 0 aliphatic heterocycles. The van der Waals surface area contributed by atoms with Gasteiger partial charge in [-0.05, 0) is 0 Å². The Balaban J connectivity index is -0.0000000546. The van der Waals surface area contributed by atoms with Gasteiger partial charge in [0.15, 0.2) is 0 Å². The molecule has 1 atom stereocenters. The van der Waals surface area contributed by atoms with Crippen molar-refractivity contribution in [2.45, 2.75) is 32.4 Å². The minimum atomic E-state index is 0. The molecule has 13 heavy (non-hydrogen) atoms. The number of thiol groups is 2. The average molecular weight is 376 g/mol. The van der Waals surface area contributed by atoms with E-state index in [0.717, 1.165) is 12.3 Å². The second kappa shape index (κ2) is 20.7.